The first-order valence-corrected chi connectivity index (χ1v) is 6.90. The average molecular weight is 286 g/mol. The molecule has 2 aromatic carbocycles. The van der Waals surface area contributed by atoms with Gasteiger partial charge in [0.25, 0.3) is 0 Å². The quantitative estimate of drug-likeness (QED) is 0.884. The van der Waals surface area contributed by atoms with E-state index in [0.717, 1.165) is 16.8 Å². The van der Waals surface area contributed by atoms with Gasteiger partial charge in [-0.2, -0.15) is 0 Å². The molecule has 4 heteroatoms. The Balaban J connectivity index is 1.83. The van der Waals surface area contributed by atoms with Gasteiger partial charge in [-0.1, -0.05) is 29.8 Å². The Kier molecular flexibility index (Phi) is 5.06. The summed E-state index contributed by atoms with van der Waals surface area (Å²) in [6, 6.07) is 13.9. The van der Waals surface area contributed by atoms with E-state index in [2.05, 4.69) is 10.6 Å². The molecule has 0 radical (unpaired) electrons. The van der Waals surface area contributed by atoms with Gasteiger partial charge >= 0.3 is 0 Å². The molecule has 2 N–H and O–H groups in total. The molecule has 0 bridgehead atoms. The molecule has 0 spiro atoms. The molecule has 0 fully saturated rings. The summed E-state index contributed by atoms with van der Waals surface area (Å²) in [5, 5.41) is 5.94. The van der Waals surface area contributed by atoms with Crippen LogP contribution in [-0.2, 0) is 4.79 Å². The lowest BCUT2D eigenvalue weighted by Crippen LogP contribution is -2.30. The number of nitrogens with one attached hydrogen (secondary N) is 2. The first-order valence-electron chi connectivity index (χ1n) is 6.90. The molecule has 0 aromatic heterocycles. The molecule has 1 atom stereocenters. The third kappa shape index (κ3) is 4.68. The highest BCUT2D eigenvalue weighted by molar-refractivity contribution is 5.92. The van der Waals surface area contributed by atoms with Gasteiger partial charge in [0.05, 0.1) is 6.54 Å². The molecular formula is C17H19FN2O. The fourth-order valence-corrected chi connectivity index (χ4v) is 1.96. The first-order chi connectivity index (χ1) is 10.0. The smallest absolute Gasteiger partial charge is 0.238 e. The Hall–Kier alpha value is -2.20. The van der Waals surface area contributed by atoms with E-state index in [9.17, 15) is 9.18 Å². The second-order valence-corrected chi connectivity index (χ2v) is 5.07. The molecule has 2 rings (SSSR count). The van der Waals surface area contributed by atoms with Gasteiger partial charge in [0.2, 0.25) is 5.91 Å². The van der Waals surface area contributed by atoms with Crippen LogP contribution in [0.3, 0.4) is 0 Å². The number of carbonyl (C=O) groups excluding carboxylic acids is 1. The van der Waals surface area contributed by atoms with E-state index in [4.69, 9.17) is 0 Å². The number of hydrogen-bond donors (Lipinski definition) is 2. The number of anilines is 1. The van der Waals surface area contributed by atoms with E-state index in [0.29, 0.717) is 0 Å². The minimum atomic E-state index is -0.261. The van der Waals surface area contributed by atoms with Gasteiger partial charge in [0.15, 0.2) is 0 Å². The van der Waals surface area contributed by atoms with Gasteiger partial charge in [-0.25, -0.2) is 4.39 Å². The predicted molar refractivity (Wildman–Crippen MR) is 82.6 cm³/mol. The fourth-order valence-electron chi connectivity index (χ4n) is 1.96. The van der Waals surface area contributed by atoms with Crippen molar-refractivity contribution in [2.75, 3.05) is 11.9 Å². The molecule has 0 aliphatic rings. The van der Waals surface area contributed by atoms with Crippen molar-refractivity contribution >= 4 is 11.6 Å². The Morgan fingerprint density at radius 1 is 1.10 bits per heavy atom. The van der Waals surface area contributed by atoms with Gasteiger partial charge in [-0.3, -0.25) is 4.79 Å². The van der Waals surface area contributed by atoms with Gasteiger partial charge in [0, 0.05) is 11.7 Å². The molecule has 0 saturated carbocycles. The highest BCUT2D eigenvalue weighted by Crippen LogP contribution is 2.12. The summed E-state index contributed by atoms with van der Waals surface area (Å²) in [6.45, 7) is 4.14. The SMILES string of the molecule is Cc1ccc(NC(=O)CNC(C)c2ccc(F)cc2)cc1. The van der Waals surface area contributed by atoms with E-state index in [-0.39, 0.29) is 24.3 Å². The summed E-state index contributed by atoms with van der Waals surface area (Å²) in [6.07, 6.45) is 0. The summed E-state index contributed by atoms with van der Waals surface area (Å²) < 4.78 is 12.9. The van der Waals surface area contributed by atoms with E-state index in [1.54, 1.807) is 12.1 Å². The van der Waals surface area contributed by atoms with E-state index in [1.165, 1.54) is 12.1 Å². The molecule has 0 heterocycles. The van der Waals surface area contributed by atoms with Crippen LogP contribution >= 0.6 is 0 Å². The van der Waals surface area contributed by atoms with Gasteiger partial charge < -0.3 is 10.6 Å². The Morgan fingerprint density at radius 3 is 2.33 bits per heavy atom. The summed E-state index contributed by atoms with van der Waals surface area (Å²) in [5.41, 5.74) is 2.87. The van der Waals surface area contributed by atoms with Crippen molar-refractivity contribution in [3.8, 4) is 0 Å². The number of halogens is 1. The van der Waals surface area contributed by atoms with Gasteiger partial charge in [-0.05, 0) is 43.7 Å². The maximum Gasteiger partial charge on any atom is 0.238 e. The summed E-state index contributed by atoms with van der Waals surface area (Å²) in [4.78, 5) is 11.9. The van der Waals surface area contributed by atoms with Crippen LogP contribution in [0, 0.1) is 12.7 Å². The second kappa shape index (κ2) is 6.99. The molecular weight excluding hydrogens is 267 g/mol. The van der Waals surface area contributed by atoms with Crippen LogP contribution in [-0.4, -0.2) is 12.5 Å². The van der Waals surface area contributed by atoms with E-state index >= 15 is 0 Å². The molecule has 3 nitrogen and oxygen atoms in total. The Morgan fingerprint density at radius 2 is 1.71 bits per heavy atom. The lowest BCUT2D eigenvalue weighted by atomic mass is 10.1. The summed E-state index contributed by atoms with van der Waals surface area (Å²) in [7, 11) is 0. The molecule has 0 aliphatic heterocycles. The zero-order valence-electron chi connectivity index (χ0n) is 12.2. The molecule has 0 aliphatic carbocycles. The molecule has 21 heavy (non-hydrogen) atoms. The number of benzene rings is 2. The molecule has 0 saturated heterocycles. The highest BCUT2D eigenvalue weighted by Gasteiger charge is 2.08. The highest BCUT2D eigenvalue weighted by atomic mass is 19.1. The number of carbonyl (C=O) groups is 1. The zero-order valence-corrected chi connectivity index (χ0v) is 12.2. The van der Waals surface area contributed by atoms with Crippen LogP contribution in [0.1, 0.15) is 24.1 Å². The second-order valence-electron chi connectivity index (χ2n) is 5.07. The largest absolute Gasteiger partial charge is 0.325 e. The lowest BCUT2D eigenvalue weighted by Gasteiger charge is -2.14. The number of aryl methyl sites for hydroxylation is 1. The third-order valence-corrected chi connectivity index (χ3v) is 3.27. The van der Waals surface area contributed by atoms with Crippen LogP contribution in [0.4, 0.5) is 10.1 Å². The minimum Gasteiger partial charge on any atom is -0.325 e. The maximum absolute atomic E-state index is 12.9. The summed E-state index contributed by atoms with van der Waals surface area (Å²) >= 11 is 0. The van der Waals surface area contributed by atoms with Gasteiger partial charge in [-0.15, -0.1) is 0 Å². The van der Waals surface area contributed by atoms with Crippen molar-refractivity contribution in [2.45, 2.75) is 19.9 Å². The van der Waals surface area contributed by atoms with Crippen LogP contribution < -0.4 is 10.6 Å². The molecule has 1 amide bonds. The van der Waals surface area contributed by atoms with Crippen LogP contribution in [0.5, 0.6) is 0 Å². The van der Waals surface area contributed by atoms with Crippen LogP contribution in [0.15, 0.2) is 48.5 Å². The minimum absolute atomic E-state index is 0.0191. The van der Waals surface area contributed by atoms with Crippen molar-refractivity contribution in [1.82, 2.24) is 5.32 Å². The van der Waals surface area contributed by atoms with Crippen molar-refractivity contribution in [3.05, 3.63) is 65.5 Å². The topological polar surface area (TPSA) is 41.1 Å². The Bertz CT molecular complexity index is 593. The van der Waals surface area contributed by atoms with Crippen molar-refractivity contribution in [1.29, 1.82) is 0 Å². The van der Waals surface area contributed by atoms with Crippen LogP contribution in [0.25, 0.3) is 0 Å². The number of amides is 1. The first kappa shape index (κ1) is 15.2. The average Bonchev–Trinajstić information content (AvgIpc) is 2.48. The monoisotopic (exact) mass is 286 g/mol. The number of hydrogen-bond acceptors (Lipinski definition) is 2. The molecule has 2 aromatic rings. The summed E-state index contributed by atoms with van der Waals surface area (Å²) in [5.74, 6) is -0.365. The maximum atomic E-state index is 12.9. The Labute approximate surface area is 124 Å². The van der Waals surface area contributed by atoms with E-state index < -0.39 is 0 Å². The molecule has 110 valence electrons. The van der Waals surface area contributed by atoms with E-state index in [1.807, 2.05) is 38.1 Å². The third-order valence-electron chi connectivity index (χ3n) is 3.27. The number of rotatable bonds is 5. The lowest BCUT2D eigenvalue weighted by molar-refractivity contribution is -0.115. The van der Waals surface area contributed by atoms with Crippen molar-refractivity contribution in [3.63, 3.8) is 0 Å². The normalized spacial score (nSPS) is 12.0. The van der Waals surface area contributed by atoms with Crippen molar-refractivity contribution in [2.24, 2.45) is 0 Å². The van der Waals surface area contributed by atoms with Gasteiger partial charge in [0.1, 0.15) is 5.82 Å². The predicted octanol–water partition coefficient (Wildman–Crippen LogP) is 3.42. The fraction of sp³-hybridized carbons (Fsp3) is 0.235. The van der Waals surface area contributed by atoms with Crippen molar-refractivity contribution < 1.29 is 9.18 Å². The standard InChI is InChI=1S/C17H19FN2O/c1-12-3-9-16(10-4-12)20-17(21)11-19-13(2)14-5-7-15(18)8-6-14/h3-10,13,19H,11H2,1-2H3,(H,20,21). The van der Waals surface area contributed by atoms with Crippen LogP contribution in [0.2, 0.25) is 0 Å². The molecule has 1 unspecified atom stereocenters. The zero-order chi connectivity index (χ0) is 15.2.